The van der Waals surface area contributed by atoms with E-state index >= 15 is 0 Å². The third kappa shape index (κ3) is 4.19. The lowest BCUT2D eigenvalue weighted by atomic mass is 9.74. The minimum atomic E-state index is -4.30. The van der Waals surface area contributed by atoms with E-state index in [9.17, 15) is 13.2 Å². The van der Waals surface area contributed by atoms with Crippen LogP contribution < -0.4 is 5.32 Å². The molecule has 2 nitrogen and oxygen atoms in total. The summed E-state index contributed by atoms with van der Waals surface area (Å²) in [5, 5.41) is 3.37. The molecule has 1 aromatic rings. The second kappa shape index (κ2) is 6.77. The van der Waals surface area contributed by atoms with Crippen LogP contribution in [0.4, 0.5) is 13.2 Å². The van der Waals surface area contributed by atoms with Crippen LogP contribution in [0, 0.1) is 5.92 Å². The summed E-state index contributed by atoms with van der Waals surface area (Å²) in [7, 11) is 0. The van der Waals surface area contributed by atoms with Crippen molar-refractivity contribution in [3.63, 3.8) is 0 Å². The van der Waals surface area contributed by atoms with Gasteiger partial charge >= 0.3 is 6.18 Å². The van der Waals surface area contributed by atoms with Gasteiger partial charge in [0.1, 0.15) is 0 Å². The van der Waals surface area contributed by atoms with Crippen LogP contribution in [0.2, 0.25) is 0 Å². The number of halogens is 3. The highest BCUT2D eigenvalue weighted by Crippen LogP contribution is 2.42. The summed E-state index contributed by atoms with van der Waals surface area (Å²) in [5.74, 6) is 0.210. The quantitative estimate of drug-likeness (QED) is 0.893. The molecule has 1 saturated carbocycles. The summed E-state index contributed by atoms with van der Waals surface area (Å²) >= 11 is 0. The van der Waals surface area contributed by atoms with Gasteiger partial charge in [0.15, 0.2) is 0 Å². The Kier molecular flexibility index (Phi) is 5.25. The third-order valence-electron chi connectivity index (χ3n) is 4.25. The summed E-state index contributed by atoms with van der Waals surface area (Å²) in [4.78, 5) is 3.94. The van der Waals surface area contributed by atoms with Gasteiger partial charge in [-0.2, -0.15) is 13.2 Å². The molecule has 0 amide bonds. The Morgan fingerprint density at radius 3 is 2.67 bits per heavy atom. The van der Waals surface area contributed by atoms with Gasteiger partial charge in [-0.15, -0.1) is 0 Å². The molecule has 1 aromatic heterocycles. The minimum absolute atomic E-state index is 0.0460. The fourth-order valence-electron chi connectivity index (χ4n) is 3.21. The summed E-state index contributed by atoms with van der Waals surface area (Å²) in [6, 6.07) is 1.46. The smallest absolute Gasteiger partial charge is 0.314 e. The van der Waals surface area contributed by atoms with Gasteiger partial charge in [0.05, 0.1) is 5.56 Å². The van der Waals surface area contributed by atoms with Crippen molar-refractivity contribution in [2.45, 2.75) is 57.7 Å². The molecule has 1 fully saturated rings. The highest BCUT2D eigenvalue weighted by Gasteiger charge is 2.37. The molecule has 0 bridgehead atoms. The fourth-order valence-corrected chi connectivity index (χ4v) is 3.21. The predicted octanol–water partition coefficient (Wildman–Crippen LogP) is 4.37. The first-order chi connectivity index (χ1) is 9.89. The van der Waals surface area contributed by atoms with Crippen molar-refractivity contribution < 1.29 is 13.2 Å². The van der Waals surface area contributed by atoms with Crippen molar-refractivity contribution in [2.75, 3.05) is 6.54 Å². The van der Waals surface area contributed by atoms with Crippen molar-refractivity contribution in [2.24, 2.45) is 5.92 Å². The molecule has 1 aliphatic carbocycles. The maximum Gasteiger partial charge on any atom is 0.416 e. The number of alkyl halides is 3. The Balaban J connectivity index is 2.25. The van der Waals surface area contributed by atoms with E-state index in [-0.39, 0.29) is 11.8 Å². The number of hydrogen-bond donors (Lipinski definition) is 1. The Morgan fingerprint density at radius 1 is 1.29 bits per heavy atom. The van der Waals surface area contributed by atoms with Crippen molar-refractivity contribution in [1.29, 1.82) is 0 Å². The van der Waals surface area contributed by atoms with Crippen LogP contribution in [0.3, 0.4) is 0 Å². The molecular formula is C16H23F3N2. The number of nitrogens with one attached hydrogen (secondary N) is 1. The number of pyridine rings is 1. The van der Waals surface area contributed by atoms with Gasteiger partial charge in [0, 0.05) is 18.4 Å². The van der Waals surface area contributed by atoms with Gasteiger partial charge in [-0.3, -0.25) is 4.98 Å². The topological polar surface area (TPSA) is 24.9 Å². The highest BCUT2D eigenvalue weighted by atomic mass is 19.4. The SMILES string of the molecule is CC(C)NCC1CCCCC1c1cnccc1C(F)(F)F. The molecule has 5 heteroatoms. The molecule has 21 heavy (non-hydrogen) atoms. The molecule has 1 heterocycles. The van der Waals surface area contributed by atoms with E-state index < -0.39 is 11.7 Å². The second-order valence-corrected chi connectivity index (χ2v) is 6.17. The lowest BCUT2D eigenvalue weighted by Crippen LogP contribution is -2.34. The molecule has 1 aliphatic rings. The van der Waals surface area contributed by atoms with Gasteiger partial charge in [0.2, 0.25) is 0 Å². The maximum absolute atomic E-state index is 13.2. The zero-order valence-electron chi connectivity index (χ0n) is 12.6. The molecule has 0 aliphatic heterocycles. The van der Waals surface area contributed by atoms with Crippen LogP contribution in [0.1, 0.15) is 56.6 Å². The van der Waals surface area contributed by atoms with E-state index in [0.29, 0.717) is 11.6 Å². The largest absolute Gasteiger partial charge is 0.416 e. The zero-order chi connectivity index (χ0) is 15.5. The predicted molar refractivity (Wildman–Crippen MR) is 77.1 cm³/mol. The van der Waals surface area contributed by atoms with Crippen molar-refractivity contribution >= 4 is 0 Å². The van der Waals surface area contributed by atoms with Gasteiger partial charge in [0.25, 0.3) is 0 Å². The summed E-state index contributed by atoms with van der Waals surface area (Å²) in [6.45, 7) is 4.89. The number of nitrogens with zero attached hydrogens (tertiary/aromatic N) is 1. The van der Waals surface area contributed by atoms with Crippen LogP contribution in [-0.4, -0.2) is 17.6 Å². The van der Waals surface area contributed by atoms with E-state index in [1.807, 2.05) is 0 Å². The molecule has 0 saturated heterocycles. The first-order valence-electron chi connectivity index (χ1n) is 7.64. The van der Waals surface area contributed by atoms with E-state index in [4.69, 9.17) is 0 Å². The van der Waals surface area contributed by atoms with Crippen LogP contribution in [0.25, 0.3) is 0 Å². The Hall–Kier alpha value is -1.10. The standard InChI is InChI=1S/C16H23F3N2/c1-11(2)21-9-12-5-3-4-6-13(12)14-10-20-8-7-15(14)16(17,18)19/h7-8,10-13,21H,3-6,9H2,1-2H3. The first-order valence-corrected chi connectivity index (χ1v) is 7.64. The molecule has 0 spiro atoms. The number of hydrogen-bond acceptors (Lipinski definition) is 2. The summed E-state index contributed by atoms with van der Waals surface area (Å²) in [5.41, 5.74) is -0.140. The summed E-state index contributed by atoms with van der Waals surface area (Å²) < 4.78 is 39.6. The summed E-state index contributed by atoms with van der Waals surface area (Å²) in [6.07, 6.45) is 2.25. The average molecular weight is 300 g/mol. The van der Waals surface area contributed by atoms with Crippen molar-refractivity contribution in [1.82, 2.24) is 10.3 Å². The van der Waals surface area contributed by atoms with Crippen LogP contribution >= 0.6 is 0 Å². The van der Waals surface area contributed by atoms with Gasteiger partial charge < -0.3 is 5.32 Å². The molecule has 2 unspecified atom stereocenters. The lowest BCUT2D eigenvalue weighted by Gasteiger charge is -2.33. The van der Waals surface area contributed by atoms with Gasteiger partial charge in [-0.25, -0.2) is 0 Å². The molecule has 0 radical (unpaired) electrons. The fraction of sp³-hybridized carbons (Fsp3) is 0.688. The third-order valence-corrected chi connectivity index (χ3v) is 4.25. The molecular weight excluding hydrogens is 277 g/mol. The first kappa shape index (κ1) is 16.3. The van der Waals surface area contributed by atoms with Gasteiger partial charge in [-0.05, 0) is 42.9 Å². The van der Waals surface area contributed by atoms with Gasteiger partial charge in [-0.1, -0.05) is 26.7 Å². The average Bonchev–Trinajstić information content (AvgIpc) is 2.44. The molecule has 2 rings (SSSR count). The number of rotatable bonds is 4. The van der Waals surface area contributed by atoms with E-state index in [1.54, 1.807) is 0 Å². The highest BCUT2D eigenvalue weighted by molar-refractivity contribution is 5.30. The minimum Gasteiger partial charge on any atom is -0.314 e. The van der Waals surface area contributed by atoms with E-state index in [0.717, 1.165) is 38.3 Å². The van der Waals surface area contributed by atoms with Crippen LogP contribution in [0.5, 0.6) is 0 Å². The Morgan fingerprint density at radius 2 is 2.00 bits per heavy atom. The zero-order valence-corrected chi connectivity index (χ0v) is 12.6. The van der Waals surface area contributed by atoms with Crippen molar-refractivity contribution in [3.8, 4) is 0 Å². The monoisotopic (exact) mass is 300 g/mol. The second-order valence-electron chi connectivity index (χ2n) is 6.17. The van der Waals surface area contributed by atoms with Crippen LogP contribution in [-0.2, 0) is 6.18 Å². The molecule has 0 aromatic carbocycles. The molecule has 1 N–H and O–H groups in total. The molecule has 118 valence electrons. The number of aromatic nitrogens is 1. The van der Waals surface area contributed by atoms with E-state index in [1.165, 1.54) is 12.4 Å². The van der Waals surface area contributed by atoms with Crippen molar-refractivity contribution in [3.05, 3.63) is 29.6 Å². The molecule has 2 atom stereocenters. The van der Waals surface area contributed by atoms with E-state index in [2.05, 4.69) is 24.1 Å². The lowest BCUT2D eigenvalue weighted by molar-refractivity contribution is -0.138. The normalized spacial score (nSPS) is 23.5. The Labute approximate surface area is 124 Å². The Bertz CT molecular complexity index is 457. The van der Waals surface area contributed by atoms with Crippen LogP contribution in [0.15, 0.2) is 18.5 Å². The maximum atomic E-state index is 13.2.